The molecule has 0 aromatic heterocycles. The van der Waals surface area contributed by atoms with E-state index in [4.69, 9.17) is 11.2 Å². The standard InChI is InChI=1S/C13H11NO3/c1-2-12(15)14-8-13(16)17-9-11(14)10-6-4-3-5-7-10/h1,3-7,11H,8-9H2/t11-/m1/s1. The van der Waals surface area contributed by atoms with Gasteiger partial charge in [-0.3, -0.25) is 9.59 Å². The predicted octanol–water partition coefficient (Wildman–Crippen LogP) is 0.746. The van der Waals surface area contributed by atoms with Crippen molar-refractivity contribution in [1.29, 1.82) is 0 Å². The fourth-order valence-electron chi connectivity index (χ4n) is 1.80. The lowest BCUT2D eigenvalue weighted by molar-refractivity contribution is -0.159. The Bertz CT molecular complexity index is 475. The molecule has 0 unspecified atom stereocenters. The van der Waals surface area contributed by atoms with Crippen molar-refractivity contribution in [3.63, 3.8) is 0 Å². The number of terminal acetylenes is 1. The molecule has 0 N–H and O–H groups in total. The number of rotatable bonds is 1. The Labute approximate surface area is 99.2 Å². The summed E-state index contributed by atoms with van der Waals surface area (Å²) in [5, 5.41) is 0. The average molecular weight is 229 g/mol. The molecule has 0 saturated carbocycles. The molecular formula is C13H11NO3. The molecule has 1 heterocycles. The molecule has 1 aliphatic rings. The van der Waals surface area contributed by atoms with Crippen molar-refractivity contribution in [2.24, 2.45) is 0 Å². The molecule has 1 saturated heterocycles. The minimum atomic E-state index is -0.490. The fourth-order valence-corrected chi connectivity index (χ4v) is 1.80. The topological polar surface area (TPSA) is 46.6 Å². The van der Waals surface area contributed by atoms with Gasteiger partial charge in [0, 0.05) is 0 Å². The van der Waals surface area contributed by atoms with Crippen molar-refractivity contribution < 1.29 is 14.3 Å². The van der Waals surface area contributed by atoms with Crippen LogP contribution in [-0.2, 0) is 14.3 Å². The molecule has 1 atom stereocenters. The van der Waals surface area contributed by atoms with Gasteiger partial charge in [-0.1, -0.05) is 30.3 Å². The second-order valence-electron chi connectivity index (χ2n) is 3.69. The highest BCUT2D eigenvalue weighted by atomic mass is 16.5. The first-order valence-electron chi connectivity index (χ1n) is 5.20. The number of hydrogen-bond donors (Lipinski definition) is 0. The maximum absolute atomic E-state index is 11.6. The van der Waals surface area contributed by atoms with Crippen molar-refractivity contribution >= 4 is 11.9 Å². The third-order valence-electron chi connectivity index (χ3n) is 2.65. The number of hydrogen-bond acceptors (Lipinski definition) is 3. The van der Waals surface area contributed by atoms with Gasteiger partial charge < -0.3 is 9.64 Å². The number of ether oxygens (including phenoxy) is 1. The molecule has 2 rings (SSSR count). The number of carbonyl (C=O) groups is 2. The van der Waals surface area contributed by atoms with Crippen molar-refractivity contribution in [3.05, 3.63) is 35.9 Å². The van der Waals surface area contributed by atoms with Crippen LogP contribution in [-0.4, -0.2) is 29.9 Å². The van der Waals surface area contributed by atoms with E-state index in [2.05, 4.69) is 0 Å². The van der Waals surface area contributed by atoms with Crippen LogP contribution in [0.1, 0.15) is 11.6 Å². The molecule has 4 nitrogen and oxygen atoms in total. The van der Waals surface area contributed by atoms with Crippen LogP contribution in [0.25, 0.3) is 0 Å². The van der Waals surface area contributed by atoms with Crippen LogP contribution in [0.2, 0.25) is 0 Å². The molecule has 1 amide bonds. The summed E-state index contributed by atoms with van der Waals surface area (Å²) < 4.78 is 4.97. The van der Waals surface area contributed by atoms with Crippen LogP contribution in [0.15, 0.2) is 30.3 Å². The Morgan fingerprint density at radius 2 is 2.12 bits per heavy atom. The zero-order chi connectivity index (χ0) is 12.3. The second kappa shape index (κ2) is 4.71. The zero-order valence-corrected chi connectivity index (χ0v) is 9.13. The van der Waals surface area contributed by atoms with Gasteiger partial charge in [0.05, 0.1) is 6.04 Å². The van der Waals surface area contributed by atoms with E-state index in [9.17, 15) is 9.59 Å². The maximum atomic E-state index is 11.6. The van der Waals surface area contributed by atoms with E-state index in [-0.39, 0.29) is 19.2 Å². The summed E-state index contributed by atoms with van der Waals surface area (Å²) in [6.45, 7) is 0.0544. The Kier molecular flexibility index (Phi) is 3.10. The number of esters is 1. The highest BCUT2D eigenvalue weighted by molar-refractivity contribution is 5.95. The lowest BCUT2D eigenvalue weighted by atomic mass is 10.0. The molecule has 0 aliphatic carbocycles. The van der Waals surface area contributed by atoms with Crippen LogP contribution in [0.5, 0.6) is 0 Å². The van der Waals surface area contributed by atoms with Gasteiger partial charge >= 0.3 is 5.97 Å². The fraction of sp³-hybridized carbons (Fsp3) is 0.231. The summed E-state index contributed by atoms with van der Waals surface area (Å²) >= 11 is 0. The van der Waals surface area contributed by atoms with Gasteiger partial charge in [0.25, 0.3) is 5.91 Å². The molecule has 1 fully saturated rings. The minimum absolute atomic E-state index is 0.0946. The summed E-state index contributed by atoms with van der Waals surface area (Å²) in [6.07, 6.45) is 5.10. The van der Waals surface area contributed by atoms with Crippen molar-refractivity contribution in [3.8, 4) is 12.3 Å². The van der Waals surface area contributed by atoms with Crippen LogP contribution in [0.4, 0.5) is 0 Å². The molecule has 17 heavy (non-hydrogen) atoms. The normalized spacial score (nSPS) is 19.4. The van der Waals surface area contributed by atoms with Gasteiger partial charge in [0.15, 0.2) is 0 Å². The summed E-state index contributed by atoms with van der Waals surface area (Å²) in [5.74, 6) is 1.11. The van der Waals surface area contributed by atoms with Gasteiger partial charge in [0.2, 0.25) is 0 Å². The van der Waals surface area contributed by atoms with Crippen molar-refractivity contribution in [2.45, 2.75) is 6.04 Å². The number of amides is 1. The van der Waals surface area contributed by atoms with E-state index in [1.54, 1.807) is 0 Å². The first-order chi connectivity index (χ1) is 8.22. The Morgan fingerprint density at radius 3 is 2.76 bits per heavy atom. The molecule has 1 aromatic rings. The Morgan fingerprint density at radius 1 is 1.41 bits per heavy atom. The van der Waals surface area contributed by atoms with E-state index in [0.717, 1.165) is 5.56 Å². The summed E-state index contributed by atoms with van der Waals surface area (Å²) in [6, 6.07) is 9.07. The van der Waals surface area contributed by atoms with Crippen molar-refractivity contribution in [1.82, 2.24) is 4.90 Å². The monoisotopic (exact) mass is 229 g/mol. The van der Waals surface area contributed by atoms with E-state index < -0.39 is 11.9 Å². The third kappa shape index (κ3) is 2.28. The molecule has 86 valence electrons. The molecule has 1 aliphatic heterocycles. The summed E-state index contributed by atoms with van der Waals surface area (Å²) in [5.41, 5.74) is 0.906. The Hall–Kier alpha value is -2.28. The molecule has 4 heteroatoms. The van der Waals surface area contributed by atoms with Gasteiger partial charge in [-0.15, -0.1) is 6.42 Å². The highest BCUT2D eigenvalue weighted by Crippen LogP contribution is 2.24. The number of morpholine rings is 1. The molecule has 0 spiro atoms. The Balaban J connectivity index is 2.28. The number of cyclic esters (lactones) is 1. The third-order valence-corrected chi connectivity index (χ3v) is 2.65. The van der Waals surface area contributed by atoms with Gasteiger partial charge in [0.1, 0.15) is 13.2 Å². The zero-order valence-electron chi connectivity index (χ0n) is 9.13. The van der Waals surface area contributed by atoms with E-state index in [0.29, 0.717) is 0 Å². The van der Waals surface area contributed by atoms with Gasteiger partial charge in [-0.05, 0) is 11.5 Å². The lowest BCUT2D eigenvalue weighted by Crippen LogP contribution is -2.45. The minimum Gasteiger partial charge on any atom is -0.462 e. The van der Waals surface area contributed by atoms with Gasteiger partial charge in [-0.2, -0.15) is 0 Å². The molecule has 0 bridgehead atoms. The summed E-state index contributed by atoms with van der Waals surface area (Å²) in [7, 11) is 0. The first kappa shape index (κ1) is 11.2. The predicted molar refractivity (Wildman–Crippen MR) is 60.7 cm³/mol. The first-order valence-corrected chi connectivity index (χ1v) is 5.20. The van der Waals surface area contributed by atoms with Crippen LogP contribution >= 0.6 is 0 Å². The number of benzene rings is 1. The second-order valence-corrected chi connectivity index (χ2v) is 3.69. The van der Waals surface area contributed by atoms with Crippen LogP contribution in [0, 0.1) is 12.3 Å². The van der Waals surface area contributed by atoms with E-state index in [1.165, 1.54) is 4.90 Å². The van der Waals surface area contributed by atoms with Crippen LogP contribution in [0.3, 0.4) is 0 Å². The number of carbonyl (C=O) groups excluding carboxylic acids is 2. The molecular weight excluding hydrogens is 218 g/mol. The number of nitrogens with zero attached hydrogens (tertiary/aromatic N) is 1. The van der Waals surface area contributed by atoms with E-state index in [1.807, 2.05) is 36.3 Å². The van der Waals surface area contributed by atoms with Gasteiger partial charge in [-0.25, -0.2) is 0 Å². The van der Waals surface area contributed by atoms with Crippen molar-refractivity contribution in [2.75, 3.05) is 13.2 Å². The molecule has 0 radical (unpaired) electrons. The lowest BCUT2D eigenvalue weighted by Gasteiger charge is -2.33. The maximum Gasteiger partial charge on any atom is 0.325 e. The summed E-state index contributed by atoms with van der Waals surface area (Å²) in [4.78, 5) is 24.1. The highest BCUT2D eigenvalue weighted by Gasteiger charge is 2.31. The average Bonchev–Trinajstić information content (AvgIpc) is 2.38. The van der Waals surface area contributed by atoms with E-state index >= 15 is 0 Å². The smallest absolute Gasteiger partial charge is 0.325 e. The largest absolute Gasteiger partial charge is 0.462 e. The quantitative estimate of drug-likeness (QED) is 0.527. The van der Waals surface area contributed by atoms with Crippen LogP contribution < -0.4 is 0 Å². The molecule has 1 aromatic carbocycles. The SMILES string of the molecule is C#CC(=O)N1CC(=O)OC[C@@H]1c1ccccc1.